The van der Waals surface area contributed by atoms with Gasteiger partial charge in [-0.3, -0.25) is 9.48 Å². The number of aromatic nitrogens is 2. The largest absolute Gasteiger partial charge is 0.321 e. The molecule has 0 saturated carbocycles. The van der Waals surface area contributed by atoms with E-state index in [9.17, 15) is 4.79 Å². The van der Waals surface area contributed by atoms with Gasteiger partial charge in [0.25, 0.3) is 0 Å². The highest BCUT2D eigenvalue weighted by atomic mass is 16.1. The van der Waals surface area contributed by atoms with E-state index in [0.717, 1.165) is 12.1 Å². The summed E-state index contributed by atoms with van der Waals surface area (Å²) in [6, 6.07) is 1.85. The van der Waals surface area contributed by atoms with E-state index in [1.165, 1.54) is 0 Å². The number of ketones is 1. The van der Waals surface area contributed by atoms with Crippen LogP contribution in [0.1, 0.15) is 45.9 Å². The Kier molecular flexibility index (Phi) is 4.87. The van der Waals surface area contributed by atoms with Crippen LogP contribution in [0.5, 0.6) is 0 Å². The predicted molar refractivity (Wildman–Crippen MR) is 68.8 cm³/mol. The number of carbonyl (C=O) groups is 1. The third-order valence-corrected chi connectivity index (χ3v) is 2.69. The number of hydrogen-bond acceptors (Lipinski definition) is 3. The van der Waals surface area contributed by atoms with Gasteiger partial charge in [0.05, 0.1) is 18.2 Å². The van der Waals surface area contributed by atoms with E-state index in [1.807, 2.05) is 16.9 Å². The summed E-state index contributed by atoms with van der Waals surface area (Å²) in [7, 11) is 0. The summed E-state index contributed by atoms with van der Waals surface area (Å²) in [5.41, 5.74) is 6.66. The van der Waals surface area contributed by atoms with Crippen LogP contribution in [0.3, 0.4) is 0 Å². The first kappa shape index (κ1) is 13.9. The van der Waals surface area contributed by atoms with Crippen molar-refractivity contribution < 1.29 is 4.79 Å². The predicted octanol–water partition coefficient (Wildman–Crippen LogP) is 1.95. The molecule has 0 aliphatic carbocycles. The number of carbonyl (C=O) groups excluding carboxylic acids is 1. The normalized spacial score (nSPS) is 13.4. The highest BCUT2D eigenvalue weighted by molar-refractivity contribution is 5.85. The number of nitrogens with zero attached hydrogens (tertiary/aromatic N) is 2. The van der Waals surface area contributed by atoms with Crippen LogP contribution in [-0.4, -0.2) is 21.6 Å². The minimum Gasteiger partial charge on any atom is -0.321 e. The maximum atomic E-state index is 11.9. The molecule has 1 aromatic heterocycles. The Morgan fingerprint density at radius 2 is 2.06 bits per heavy atom. The Hall–Kier alpha value is -1.16. The Labute approximate surface area is 103 Å². The van der Waals surface area contributed by atoms with Crippen molar-refractivity contribution in [1.82, 2.24) is 9.78 Å². The molecule has 0 spiro atoms. The van der Waals surface area contributed by atoms with Crippen molar-refractivity contribution in [3.05, 3.63) is 18.0 Å². The van der Waals surface area contributed by atoms with Gasteiger partial charge in [-0.2, -0.15) is 5.10 Å². The molecule has 0 amide bonds. The monoisotopic (exact) mass is 237 g/mol. The van der Waals surface area contributed by atoms with Crippen LogP contribution in [-0.2, 0) is 11.2 Å². The molecule has 0 saturated heterocycles. The zero-order chi connectivity index (χ0) is 13.0. The van der Waals surface area contributed by atoms with Gasteiger partial charge in [-0.15, -0.1) is 0 Å². The first-order valence-corrected chi connectivity index (χ1v) is 6.22. The van der Waals surface area contributed by atoms with Gasteiger partial charge in [0.15, 0.2) is 5.78 Å². The van der Waals surface area contributed by atoms with E-state index in [1.54, 1.807) is 0 Å². The van der Waals surface area contributed by atoms with E-state index in [-0.39, 0.29) is 11.8 Å². The zero-order valence-corrected chi connectivity index (χ0v) is 11.2. The smallest absolute Gasteiger partial charge is 0.155 e. The van der Waals surface area contributed by atoms with Crippen LogP contribution in [0.25, 0.3) is 0 Å². The van der Waals surface area contributed by atoms with Crippen molar-refractivity contribution in [3.63, 3.8) is 0 Å². The molecule has 1 atom stereocenters. The average Bonchev–Trinajstić information content (AvgIpc) is 2.65. The Bertz CT molecular complexity index is 368. The third kappa shape index (κ3) is 4.30. The summed E-state index contributed by atoms with van der Waals surface area (Å²) in [4.78, 5) is 11.9. The fraction of sp³-hybridized carbons (Fsp3) is 0.692. The molecule has 4 nitrogen and oxygen atoms in total. The van der Waals surface area contributed by atoms with E-state index >= 15 is 0 Å². The molecule has 2 N–H and O–H groups in total. The van der Waals surface area contributed by atoms with Crippen LogP contribution in [0.4, 0.5) is 0 Å². The molecular weight excluding hydrogens is 214 g/mol. The summed E-state index contributed by atoms with van der Waals surface area (Å²) < 4.78 is 1.86. The fourth-order valence-electron chi connectivity index (χ4n) is 1.71. The number of nitrogens with two attached hydrogens (primary N) is 1. The van der Waals surface area contributed by atoms with Crippen molar-refractivity contribution in [2.45, 2.75) is 52.6 Å². The standard InChI is InChI=1S/C13H23N3O/c1-9(2)7-12(14)13(17)8-11-5-6-16(15-11)10(3)4/h5-6,9-10,12H,7-8,14H2,1-4H3. The van der Waals surface area contributed by atoms with E-state index < -0.39 is 0 Å². The maximum absolute atomic E-state index is 11.9. The van der Waals surface area contributed by atoms with Crippen LogP contribution in [0, 0.1) is 5.92 Å². The lowest BCUT2D eigenvalue weighted by Crippen LogP contribution is -2.33. The number of rotatable bonds is 6. The second kappa shape index (κ2) is 5.96. The minimum atomic E-state index is -0.362. The van der Waals surface area contributed by atoms with Gasteiger partial charge in [-0.05, 0) is 32.3 Å². The molecule has 0 bridgehead atoms. The van der Waals surface area contributed by atoms with E-state index in [2.05, 4.69) is 32.8 Å². The first-order chi connectivity index (χ1) is 7.90. The van der Waals surface area contributed by atoms with Gasteiger partial charge in [-0.1, -0.05) is 13.8 Å². The molecule has 4 heteroatoms. The average molecular weight is 237 g/mol. The Morgan fingerprint density at radius 3 is 2.53 bits per heavy atom. The fourth-order valence-corrected chi connectivity index (χ4v) is 1.71. The van der Waals surface area contributed by atoms with Gasteiger partial charge in [-0.25, -0.2) is 0 Å². The van der Waals surface area contributed by atoms with Gasteiger partial charge in [0, 0.05) is 12.2 Å². The van der Waals surface area contributed by atoms with Gasteiger partial charge < -0.3 is 5.73 Å². The van der Waals surface area contributed by atoms with Crippen molar-refractivity contribution in [1.29, 1.82) is 0 Å². The van der Waals surface area contributed by atoms with E-state index in [0.29, 0.717) is 18.4 Å². The quantitative estimate of drug-likeness (QED) is 0.822. The van der Waals surface area contributed by atoms with Crippen LogP contribution in [0.15, 0.2) is 12.3 Å². The Balaban J connectivity index is 2.55. The van der Waals surface area contributed by atoms with Crippen molar-refractivity contribution in [3.8, 4) is 0 Å². The molecule has 0 aromatic carbocycles. The van der Waals surface area contributed by atoms with Crippen molar-refractivity contribution in [2.75, 3.05) is 0 Å². The van der Waals surface area contributed by atoms with Crippen LogP contribution in [0.2, 0.25) is 0 Å². The first-order valence-electron chi connectivity index (χ1n) is 6.22. The van der Waals surface area contributed by atoms with Gasteiger partial charge in [0.2, 0.25) is 0 Å². The molecule has 0 radical (unpaired) electrons. The Morgan fingerprint density at radius 1 is 1.41 bits per heavy atom. The summed E-state index contributed by atoms with van der Waals surface area (Å²) in [6.07, 6.45) is 2.98. The molecule has 1 rings (SSSR count). The number of Topliss-reactive ketones (excluding diaryl/α,β-unsaturated/α-hetero) is 1. The number of hydrogen-bond donors (Lipinski definition) is 1. The van der Waals surface area contributed by atoms with Gasteiger partial charge in [0.1, 0.15) is 0 Å². The van der Waals surface area contributed by atoms with Gasteiger partial charge >= 0.3 is 0 Å². The lowest BCUT2D eigenvalue weighted by Gasteiger charge is -2.12. The molecule has 0 fully saturated rings. The summed E-state index contributed by atoms with van der Waals surface area (Å²) >= 11 is 0. The second-order valence-corrected chi connectivity index (χ2v) is 5.26. The molecule has 1 unspecified atom stereocenters. The molecule has 96 valence electrons. The lowest BCUT2D eigenvalue weighted by atomic mass is 9.99. The summed E-state index contributed by atoms with van der Waals surface area (Å²) in [6.45, 7) is 8.26. The van der Waals surface area contributed by atoms with E-state index in [4.69, 9.17) is 5.73 Å². The zero-order valence-electron chi connectivity index (χ0n) is 11.2. The minimum absolute atomic E-state index is 0.0766. The highest BCUT2D eigenvalue weighted by Gasteiger charge is 2.16. The summed E-state index contributed by atoms with van der Waals surface area (Å²) in [5.74, 6) is 0.523. The van der Waals surface area contributed by atoms with Crippen LogP contribution >= 0.6 is 0 Å². The second-order valence-electron chi connectivity index (χ2n) is 5.26. The van der Waals surface area contributed by atoms with Crippen molar-refractivity contribution >= 4 is 5.78 Å². The molecule has 17 heavy (non-hydrogen) atoms. The maximum Gasteiger partial charge on any atom is 0.155 e. The van der Waals surface area contributed by atoms with Crippen molar-refractivity contribution in [2.24, 2.45) is 11.7 Å². The molecule has 1 heterocycles. The topological polar surface area (TPSA) is 60.9 Å². The lowest BCUT2D eigenvalue weighted by molar-refractivity contribution is -0.120. The SMILES string of the molecule is CC(C)CC(N)C(=O)Cc1ccn(C(C)C)n1. The molecule has 0 aliphatic rings. The third-order valence-electron chi connectivity index (χ3n) is 2.69. The summed E-state index contributed by atoms with van der Waals surface area (Å²) in [5, 5.41) is 4.35. The molecule has 0 aliphatic heterocycles. The van der Waals surface area contributed by atoms with Crippen LogP contribution < -0.4 is 5.73 Å². The molecule has 1 aromatic rings. The highest BCUT2D eigenvalue weighted by Crippen LogP contribution is 2.08. The molecular formula is C13H23N3O.